The smallest absolute Gasteiger partial charge is 0.0762 e. The van der Waals surface area contributed by atoms with Crippen molar-refractivity contribution in [1.82, 2.24) is 15.1 Å². The van der Waals surface area contributed by atoms with E-state index in [9.17, 15) is 0 Å². The van der Waals surface area contributed by atoms with E-state index in [0.29, 0.717) is 6.04 Å². The van der Waals surface area contributed by atoms with E-state index in [1.165, 1.54) is 0 Å². The molecule has 0 saturated carbocycles. The molecule has 1 N–H and O–H groups in total. The van der Waals surface area contributed by atoms with E-state index >= 15 is 0 Å². The van der Waals surface area contributed by atoms with E-state index in [-0.39, 0.29) is 5.38 Å². The quantitative estimate of drug-likeness (QED) is 0.819. The standard InChI is InChI=1S/C15H20ClN3/c1-12(2)19-9-8-14(18-19)10-17-11-15(16)13-6-4-3-5-7-13/h3-9,12,15,17H,10-11H2,1-2H3. The molecule has 2 rings (SSSR count). The van der Waals surface area contributed by atoms with Crippen LogP contribution in [0.5, 0.6) is 0 Å². The predicted octanol–water partition coefficient (Wildman–Crippen LogP) is 3.53. The van der Waals surface area contributed by atoms with Gasteiger partial charge in [0.05, 0.1) is 11.1 Å². The van der Waals surface area contributed by atoms with Gasteiger partial charge in [0.15, 0.2) is 0 Å². The van der Waals surface area contributed by atoms with Gasteiger partial charge < -0.3 is 5.32 Å². The summed E-state index contributed by atoms with van der Waals surface area (Å²) in [4.78, 5) is 0. The molecule has 1 unspecified atom stereocenters. The van der Waals surface area contributed by atoms with E-state index < -0.39 is 0 Å². The number of aromatic nitrogens is 2. The largest absolute Gasteiger partial charge is 0.309 e. The Hall–Kier alpha value is -1.32. The van der Waals surface area contributed by atoms with Crippen LogP contribution in [-0.2, 0) is 6.54 Å². The van der Waals surface area contributed by atoms with Crippen molar-refractivity contribution in [1.29, 1.82) is 0 Å². The Labute approximate surface area is 119 Å². The highest BCUT2D eigenvalue weighted by molar-refractivity contribution is 6.21. The topological polar surface area (TPSA) is 29.9 Å². The van der Waals surface area contributed by atoms with E-state index in [1.807, 2.05) is 47.3 Å². The predicted molar refractivity (Wildman–Crippen MR) is 79.4 cm³/mol. The number of rotatable bonds is 6. The maximum atomic E-state index is 6.34. The van der Waals surface area contributed by atoms with Crippen molar-refractivity contribution in [2.24, 2.45) is 0 Å². The zero-order chi connectivity index (χ0) is 13.7. The lowest BCUT2D eigenvalue weighted by Gasteiger charge is -2.10. The molecule has 0 aliphatic carbocycles. The second-order valence-corrected chi connectivity index (χ2v) is 5.42. The van der Waals surface area contributed by atoms with Gasteiger partial charge in [-0.25, -0.2) is 0 Å². The SMILES string of the molecule is CC(C)n1ccc(CNCC(Cl)c2ccccc2)n1. The van der Waals surface area contributed by atoms with E-state index in [0.717, 1.165) is 24.3 Å². The van der Waals surface area contributed by atoms with Crippen LogP contribution in [0.2, 0.25) is 0 Å². The highest BCUT2D eigenvalue weighted by Crippen LogP contribution is 2.18. The van der Waals surface area contributed by atoms with Crippen LogP contribution in [0.25, 0.3) is 0 Å². The molecule has 1 aromatic carbocycles. The first-order valence-electron chi connectivity index (χ1n) is 6.60. The van der Waals surface area contributed by atoms with E-state index in [1.54, 1.807) is 0 Å². The van der Waals surface area contributed by atoms with Crippen LogP contribution in [0, 0.1) is 0 Å². The number of alkyl halides is 1. The Balaban J connectivity index is 1.80. The van der Waals surface area contributed by atoms with Crippen molar-refractivity contribution in [3.8, 4) is 0 Å². The molecule has 1 heterocycles. The maximum Gasteiger partial charge on any atom is 0.0762 e. The van der Waals surface area contributed by atoms with Gasteiger partial charge in [-0.1, -0.05) is 30.3 Å². The number of nitrogens with zero attached hydrogens (tertiary/aromatic N) is 2. The maximum absolute atomic E-state index is 6.34. The first kappa shape index (κ1) is 14.1. The fourth-order valence-corrected chi connectivity index (χ4v) is 2.12. The molecule has 0 amide bonds. The van der Waals surface area contributed by atoms with Gasteiger partial charge >= 0.3 is 0 Å². The van der Waals surface area contributed by atoms with Crippen LogP contribution < -0.4 is 5.32 Å². The molecule has 0 aliphatic rings. The zero-order valence-corrected chi connectivity index (χ0v) is 12.1. The van der Waals surface area contributed by atoms with Crippen LogP contribution in [0.1, 0.15) is 36.5 Å². The fraction of sp³-hybridized carbons (Fsp3) is 0.400. The highest BCUT2D eigenvalue weighted by atomic mass is 35.5. The van der Waals surface area contributed by atoms with Gasteiger partial charge in [-0.15, -0.1) is 11.6 Å². The van der Waals surface area contributed by atoms with Gasteiger partial charge in [0.2, 0.25) is 0 Å². The molecule has 1 aromatic heterocycles. The molecule has 2 aromatic rings. The molecule has 102 valence electrons. The zero-order valence-electron chi connectivity index (χ0n) is 11.4. The monoisotopic (exact) mass is 277 g/mol. The third-order valence-corrected chi connectivity index (χ3v) is 3.39. The van der Waals surface area contributed by atoms with Crippen LogP contribution in [0.15, 0.2) is 42.6 Å². The Kier molecular flexibility index (Phi) is 5.00. The van der Waals surface area contributed by atoms with Crippen molar-refractivity contribution >= 4 is 11.6 Å². The first-order valence-corrected chi connectivity index (χ1v) is 7.04. The van der Waals surface area contributed by atoms with Gasteiger partial charge in [-0.05, 0) is 25.5 Å². The van der Waals surface area contributed by atoms with Gasteiger partial charge in [-0.2, -0.15) is 5.10 Å². The summed E-state index contributed by atoms with van der Waals surface area (Å²) in [5.74, 6) is 0. The lowest BCUT2D eigenvalue weighted by atomic mass is 10.1. The first-order chi connectivity index (χ1) is 9.16. The molecule has 0 aliphatic heterocycles. The van der Waals surface area contributed by atoms with Crippen molar-refractivity contribution in [2.75, 3.05) is 6.54 Å². The summed E-state index contributed by atoms with van der Waals surface area (Å²) >= 11 is 6.34. The fourth-order valence-electron chi connectivity index (χ4n) is 1.87. The van der Waals surface area contributed by atoms with Crippen molar-refractivity contribution in [3.05, 3.63) is 53.9 Å². The van der Waals surface area contributed by atoms with Crippen molar-refractivity contribution in [2.45, 2.75) is 31.8 Å². The second-order valence-electron chi connectivity index (χ2n) is 4.89. The summed E-state index contributed by atoms with van der Waals surface area (Å²) in [6.07, 6.45) is 2.01. The summed E-state index contributed by atoms with van der Waals surface area (Å²) in [6.45, 7) is 5.72. The van der Waals surface area contributed by atoms with Crippen LogP contribution in [0.3, 0.4) is 0 Å². The molecule has 4 heteroatoms. The molecular formula is C15H20ClN3. The average Bonchev–Trinajstić information content (AvgIpc) is 2.89. The Morgan fingerprint density at radius 3 is 2.58 bits per heavy atom. The number of hydrogen-bond donors (Lipinski definition) is 1. The molecule has 0 fully saturated rings. The summed E-state index contributed by atoms with van der Waals surface area (Å²) < 4.78 is 1.96. The lowest BCUT2D eigenvalue weighted by Crippen LogP contribution is -2.19. The highest BCUT2D eigenvalue weighted by Gasteiger charge is 2.07. The molecule has 1 atom stereocenters. The molecule has 0 radical (unpaired) electrons. The minimum atomic E-state index is -0.00613. The Morgan fingerprint density at radius 2 is 1.95 bits per heavy atom. The number of nitrogens with one attached hydrogen (secondary N) is 1. The van der Waals surface area contributed by atoms with Crippen LogP contribution >= 0.6 is 11.6 Å². The normalized spacial score (nSPS) is 12.8. The number of benzene rings is 1. The van der Waals surface area contributed by atoms with Gasteiger partial charge in [-0.3, -0.25) is 4.68 Å². The van der Waals surface area contributed by atoms with Crippen LogP contribution in [0.4, 0.5) is 0 Å². The van der Waals surface area contributed by atoms with Crippen LogP contribution in [-0.4, -0.2) is 16.3 Å². The lowest BCUT2D eigenvalue weighted by molar-refractivity contribution is 0.521. The average molecular weight is 278 g/mol. The molecule has 19 heavy (non-hydrogen) atoms. The van der Waals surface area contributed by atoms with Crippen molar-refractivity contribution in [3.63, 3.8) is 0 Å². The van der Waals surface area contributed by atoms with Crippen molar-refractivity contribution < 1.29 is 0 Å². The Morgan fingerprint density at radius 1 is 1.21 bits per heavy atom. The number of halogens is 1. The molecular weight excluding hydrogens is 258 g/mol. The summed E-state index contributed by atoms with van der Waals surface area (Å²) in [5.41, 5.74) is 2.19. The van der Waals surface area contributed by atoms with Gasteiger partial charge in [0.25, 0.3) is 0 Å². The van der Waals surface area contributed by atoms with E-state index in [2.05, 4.69) is 24.3 Å². The molecule has 3 nitrogen and oxygen atoms in total. The van der Waals surface area contributed by atoms with Gasteiger partial charge in [0, 0.05) is 25.3 Å². The van der Waals surface area contributed by atoms with Gasteiger partial charge in [0.1, 0.15) is 0 Å². The number of hydrogen-bond acceptors (Lipinski definition) is 2. The molecule has 0 spiro atoms. The minimum absolute atomic E-state index is 0.00613. The summed E-state index contributed by atoms with van der Waals surface area (Å²) in [6, 6.07) is 12.6. The van der Waals surface area contributed by atoms with E-state index in [4.69, 9.17) is 11.6 Å². The second kappa shape index (κ2) is 6.73. The summed E-state index contributed by atoms with van der Waals surface area (Å²) in [5, 5.41) is 7.83. The third kappa shape index (κ3) is 4.08. The molecule has 0 saturated heterocycles. The summed E-state index contributed by atoms with van der Waals surface area (Å²) in [7, 11) is 0. The molecule has 0 bridgehead atoms. The Bertz CT molecular complexity index is 493. The minimum Gasteiger partial charge on any atom is -0.309 e. The third-order valence-electron chi connectivity index (χ3n) is 2.98.